The van der Waals surface area contributed by atoms with Crippen molar-refractivity contribution in [2.45, 2.75) is 129 Å². The molecular formula is C25H54BNO5Si2. The third-order valence-electron chi connectivity index (χ3n) is 7.57. The van der Waals surface area contributed by atoms with Gasteiger partial charge in [-0.3, -0.25) is 0 Å². The van der Waals surface area contributed by atoms with E-state index in [0.717, 1.165) is 25.9 Å². The lowest BCUT2D eigenvalue weighted by Crippen LogP contribution is -2.56. The molecule has 3 atom stereocenters. The van der Waals surface area contributed by atoms with Crippen LogP contribution in [-0.2, 0) is 18.3 Å². The van der Waals surface area contributed by atoms with Crippen LogP contribution in [0, 0.1) is 0 Å². The number of rotatable bonds is 13. The van der Waals surface area contributed by atoms with Gasteiger partial charge in [-0.05, 0) is 68.8 Å². The minimum atomic E-state index is -2.06. The summed E-state index contributed by atoms with van der Waals surface area (Å²) in [5.74, 6) is 0. The molecule has 0 aromatic carbocycles. The van der Waals surface area contributed by atoms with Gasteiger partial charge in [-0.25, -0.2) is 0 Å². The molecule has 1 fully saturated rings. The Hall–Kier alpha value is -0.00130. The Morgan fingerprint density at radius 2 is 1.68 bits per heavy atom. The molecule has 1 aliphatic heterocycles. The fraction of sp³-hybridized carbons (Fsp3) is 0.920. The van der Waals surface area contributed by atoms with E-state index < -0.39 is 23.7 Å². The lowest BCUT2D eigenvalue weighted by molar-refractivity contribution is -0.161. The Bertz CT molecular complexity index is 611. The molecule has 0 bridgehead atoms. The second-order valence-corrected chi connectivity index (χ2v) is 22.3. The maximum atomic E-state index is 10.2. The maximum absolute atomic E-state index is 10.2. The normalized spacial score (nSPS) is 20.5. The number of ether oxygens (including phenoxy) is 2. The zero-order chi connectivity index (χ0) is 26.2. The average molecular weight is 516 g/mol. The Kier molecular flexibility index (Phi) is 12.7. The minimum Gasteiger partial charge on any atom is -0.437 e. The van der Waals surface area contributed by atoms with Crippen molar-refractivity contribution in [1.29, 1.82) is 0 Å². The summed E-state index contributed by atoms with van der Waals surface area (Å²) < 4.78 is 25.0. The summed E-state index contributed by atoms with van der Waals surface area (Å²) in [7, 11) is -4.66. The highest BCUT2D eigenvalue weighted by molar-refractivity contribution is 6.74. The average Bonchev–Trinajstić information content (AvgIpc) is 2.68. The Morgan fingerprint density at radius 1 is 1.06 bits per heavy atom. The van der Waals surface area contributed by atoms with E-state index in [1.807, 2.05) is 0 Å². The highest BCUT2D eigenvalue weighted by Gasteiger charge is 2.42. The van der Waals surface area contributed by atoms with Crippen LogP contribution in [0.2, 0.25) is 43.1 Å². The minimum absolute atomic E-state index is 0.0657. The SMILES string of the molecule is CB(O)N[C@H](CO[Si](C)(C)C(C)(C)C)[C@H](/C=C/CCOC1CCCCO1)O[Si](C)(C)C(C)(C)C. The molecule has 0 aromatic heterocycles. The standard InChI is InChI=1S/C25H54BNO5Si2/c1-24(2,3)33(8,9)31-20-21(27-26(7)28)22(32-34(10,11)25(4,5)6)16-12-14-18-29-23-17-13-15-19-30-23/h12,16,21-23,27-28H,13-15,17-20H2,1-11H3/b16-12+/t21-,22+,23?/m1/s1. The van der Waals surface area contributed by atoms with Gasteiger partial charge in [-0.15, -0.1) is 0 Å². The molecule has 0 saturated carbocycles. The van der Waals surface area contributed by atoms with E-state index in [1.165, 1.54) is 6.42 Å². The first-order valence-corrected chi connectivity index (χ1v) is 18.9. The van der Waals surface area contributed by atoms with Gasteiger partial charge in [-0.2, -0.15) is 0 Å². The van der Waals surface area contributed by atoms with Crippen molar-refractivity contribution >= 4 is 23.7 Å². The van der Waals surface area contributed by atoms with Crippen LogP contribution >= 0.6 is 0 Å². The van der Waals surface area contributed by atoms with Gasteiger partial charge in [-0.1, -0.05) is 53.7 Å². The molecule has 1 saturated heterocycles. The molecule has 200 valence electrons. The van der Waals surface area contributed by atoms with E-state index in [0.29, 0.717) is 13.2 Å². The van der Waals surface area contributed by atoms with Crippen LogP contribution in [0.15, 0.2) is 12.2 Å². The van der Waals surface area contributed by atoms with Gasteiger partial charge in [0, 0.05) is 6.61 Å². The van der Waals surface area contributed by atoms with Crippen molar-refractivity contribution in [3.63, 3.8) is 0 Å². The molecule has 9 heteroatoms. The van der Waals surface area contributed by atoms with Crippen LogP contribution in [-0.4, -0.2) is 67.0 Å². The first-order chi connectivity index (χ1) is 15.5. The molecule has 34 heavy (non-hydrogen) atoms. The van der Waals surface area contributed by atoms with Crippen molar-refractivity contribution in [3.8, 4) is 0 Å². The van der Waals surface area contributed by atoms with Gasteiger partial charge in [0.1, 0.15) is 0 Å². The maximum Gasteiger partial charge on any atom is 0.373 e. The first kappa shape index (κ1) is 32.0. The van der Waals surface area contributed by atoms with E-state index in [9.17, 15) is 5.02 Å². The lowest BCUT2D eigenvalue weighted by atomic mass is 9.86. The number of nitrogens with one attached hydrogen (secondary N) is 1. The van der Waals surface area contributed by atoms with Crippen molar-refractivity contribution in [1.82, 2.24) is 5.23 Å². The van der Waals surface area contributed by atoms with Gasteiger partial charge >= 0.3 is 7.05 Å². The van der Waals surface area contributed by atoms with Crippen molar-refractivity contribution < 1.29 is 23.3 Å². The molecule has 1 heterocycles. The summed E-state index contributed by atoms with van der Waals surface area (Å²) in [5, 5.41) is 13.7. The zero-order valence-electron chi connectivity index (χ0n) is 24.0. The molecule has 0 spiro atoms. The quantitative estimate of drug-likeness (QED) is 0.179. The van der Waals surface area contributed by atoms with Crippen LogP contribution in [0.4, 0.5) is 0 Å². The van der Waals surface area contributed by atoms with E-state index in [2.05, 4.69) is 85.1 Å². The predicted molar refractivity (Wildman–Crippen MR) is 149 cm³/mol. The molecule has 1 unspecified atom stereocenters. The van der Waals surface area contributed by atoms with Gasteiger partial charge in [0.2, 0.25) is 0 Å². The summed E-state index contributed by atoms with van der Waals surface area (Å²) in [6.45, 7) is 26.2. The summed E-state index contributed by atoms with van der Waals surface area (Å²) >= 11 is 0. The number of hydrogen-bond acceptors (Lipinski definition) is 6. The molecule has 1 aliphatic rings. The van der Waals surface area contributed by atoms with Crippen LogP contribution in [0.25, 0.3) is 0 Å². The molecule has 0 amide bonds. The Morgan fingerprint density at radius 3 is 2.18 bits per heavy atom. The molecule has 2 N–H and O–H groups in total. The van der Waals surface area contributed by atoms with E-state index >= 15 is 0 Å². The smallest absolute Gasteiger partial charge is 0.373 e. The molecule has 0 radical (unpaired) electrons. The van der Waals surface area contributed by atoms with E-state index in [4.69, 9.17) is 18.3 Å². The lowest BCUT2D eigenvalue weighted by Gasteiger charge is -2.42. The summed E-state index contributed by atoms with van der Waals surface area (Å²) in [4.78, 5) is 0. The van der Waals surface area contributed by atoms with Crippen molar-refractivity contribution in [2.75, 3.05) is 19.8 Å². The van der Waals surface area contributed by atoms with Crippen molar-refractivity contribution in [3.05, 3.63) is 12.2 Å². The third-order valence-corrected chi connectivity index (χ3v) is 16.5. The topological polar surface area (TPSA) is 69.2 Å². The second kappa shape index (κ2) is 13.5. The first-order valence-electron chi connectivity index (χ1n) is 13.1. The summed E-state index contributed by atoms with van der Waals surface area (Å²) in [6, 6.07) is -0.151. The van der Waals surface area contributed by atoms with Gasteiger partial charge in [0.25, 0.3) is 0 Å². The Labute approximate surface area is 212 Å². The monoisotopic (exact) mass is 515 g/mol. The van der Waals surface area contributed by atoms with Gasteiger partial charge < -0.3 is 28.6 Å². The largest absolute Gasteiger partial charge is 0.437 e. The highest BCUT2D eigenvalue weighted by atomic mass is 28.4. The Balaban J connectivity index is 2.97. The van der Waals surface area contributed by atoms with Crippen LogP contribution < -0.4 is 5.23 Å². The molecular weight excluding hydrogens is 461 g/mol. The van der Waals surface area contributed by atoms with Crippen LogP contribution in [0.1, 0.15) is 67.2 Å². The molecule has 6 nitrogen and oxygen atoms in total. The fourth-order valence-electron chi connectivity index (χ4n) is 3.18. The molecule has 0 aromatic rings. The van der Waals surface area contributed by atoms with Crippen LogP contribution in [0.5, 0.6) is 0 Å². The van der Waals surface area contributed by atoms with Crippen molar-refractivity contribution in [2.24, 2.45) is 0 Å². The van der Waals surface area contributed by atoms with Crippen LogP contribution in [0.3, 0.4) is 0 Å². The highest BCUT2D eigenvalue weighted by Crippen LogP contribution is 2.39. The third kappa shape index (κ3) is 10.9. The predicted octanol–water partition coefficient (Wildman–Crippen LogP) is 5.96. The number of hydrogen-bond donors (Lipinski definition) is 2. The molecule has 0 aliphatic carbocycles. The van der Waals surface area contributed by atoms with E-state index in [-0.39, 0.29) is 28.5 Å². The zero-order valence-corrected chi connectivity index (χ0v) is 26.0. The fourth-order valence-corrected chi connectivity index (χ4v) is 5.48. The molecule has 1 rings (SSSR count). The summed E-state index contributed by atoms with van der Waals surface area (Å²) in [5.41, 5.74) is 0. The summed E-state index contributed by atoms with van der Waals surface area (Å²) in [6.07, 6.45) is 8.08. The second-order valence-electron chi connectivity index (χ2n) is 12.7. The van der Waals surface area contributed by atoms with E-state index in [1.54, 1.807) is 6.82 Å². The van der Waals surface area contributed by atoms with Gasteiger partial charge in [0.15, 0.2) is 22.9 Å². The van der Waals surface area contributed by atoms with Gasteiger partial charge in [0.05, 0.1) is 25.4 Å².